The quantitative estimate of drug-likeness (QED) is 0.621. The van der Waals surface area contributed by atoms with Crippen LogP contribution in [0.1, 0.15) is 5.56 Å². The van der Waals surface area contributed by atoms with Gasteiger partial charge in [0.15, 0.2) is 0 Å². The van der Waals surface area contributed by atoms with Crippen LogP contribution in [0.4, 0.5) is 17.2 Å². The Morgan fingerprint density at radius 3 is 2.42 bits per heavy atom. The number of benzene rings is 1. The number of hydrogen-bond acceptors (Lipinski definition) is 5. The molecule has 0 bridgehead atoms. The summed E-state index contributed by atoms with van der Waals surface area (Å²) in [5, 5.41) is 19.3. The minimum atomic E-state index is -0.488. The second kappa shape index (κ2) is 5.14. The second-order valence-electron chi connectivity index (χ2n) is 3.85. The van der Waals surface area contributed by atoms with Crippen molar-refractivity contribution in [1.82, 2.24) is 4.98 Å². The zero-order valence-electron chi connectivity index (χ0n) is 10.1. The largest absolute Gasteiger partial charge is 0.329 e. The summed E-state index contributed by atoms with van der Waals surface area (Å²) < 4.78 is 0. The summed E-state index contributed by atoms with van der Waals surface area (Å²) in [6.45, 7) is 0. The molecule has 0 radical (unpaired) electrons. The molecule has 0 aliphatic heterocycles. The highest BCUT2D eigenvalue weighted by molar-refractivity contribution is 5.60. The predicted molar refractivity (Wildman–Crippen MR) is 70.1 cm³/mol. The molecule has 0 spiro atoms. The van der Waals surface area contributed by atoms with E-state index in [0.29, 0.717) is 11.4 Å². The number of aromatic nitrogens is 1. The first-order valence-corrected chi connectivity index (χ1v) is 5.46. The van der Waals surface area contributed by atoms with E-state index in [1.165, 1.54) is 12.3 Å². The van der Waals surface area contributed by atoms with Crippen LogP contribution < -0.4 is 4.90 Å². The Morgan fingerprint density at radius 2 is 1.95 bits per heavy atom. The molecule has 6 nitrogen and oxygen atoms in total. The summed E-state index contributed by atoms with van der Waals surface area (Å²) in [6, 6.07) is 12.0. The van der Waals surface area contributed by atoms with E-state index in [9.17, 15) is 10.1 Å². The van der Waals surface area contributed by atoms with E-state index in [1.54, 1.807) is 42.3 Å². The molecular weight excluding hydrogens is 244 g/mol. The number of pyridine rings is 1. The van der Waals surface area contributed by atoms with Gasteiger partial charge in [0.05, 0.1) is 16.6 Å². The second-order valence-corrected chi connectivity index (χ2v) is 3.85. The number of rotatable bonds is 3. The van der Waals surface area contributed by atoms with Crippen LogP contribution in [0, 0.1) is 21.4 Å². The van der Waals surface area contributed by atoms with Crippen molar-refractivity contribution < 1.29 is 4.92 Å². The van der Waals surface area contributed by atoms with Crippen LogP contribution in [-0.4, -0.2) is 17.0 Å². The SMILES string of the molecule is CN(c1ccc(C#N)cc1)c1ccc([N+](=O)[O-])cn1. The van der Waals surface area contributed by atoms with Gasteiger partial charge in [0, 0.05) is 18.8 Å². The van der Waals surface area contributed by atoms with Crippen molar-refractivity contribution in [3.8, 4) is 6.07 Å². The molecule has 0 unspecified atom stereocenters. The number of hydrogen-bond donors (Lipinski definition) is 0. The van der Waals surface area contributed by atoms with Crippen LogP contribution in [0.5, 0.6) is 0 Å². The molecular formula is C13H10N4O2. The fourth-order valence-electron chi connectivity index (χ4n) is 1.58. The third-order valence-electron chi connectivity index (χ3n) is 2.67. The maximum atomic E-state index is 10.5. The first-order valence-electron chi connectivity index (χ1n) is 5.46. The third-order valence-corrected chi connectivity index (χ3v) is 2.67. The summed E-state index contributed by atoms with van der Waals surface area (Å²) in [5.41, 5.74) is 1.38. The molecule has 0 aliphatic rings. The van der Waals surface area contributed by atoms with Gasteiger partial charge in [-0.3, -0.25) is 10.1 Å². The first-order chi connectivity index (χ1) is 9.11. The van der Waals surface area contributed by atoms with E-state index in [0.717, 1.165) is 5.69 Å². The third kappa shape index (κ3) is 2.66. The van der Waals surface area contributed by atoms with E-state index in [4.69, 9.17) is 5.26 Å². The standard InChI is InChI=1S/C13H10N4O2/c1-16(11-4-2-10(8-14)3-5-11)13-7-6-12(9-15-13)17(18)19/h2-7,9H,1H3. The zero-order chi connectivity index (χ0) is 13.8. The van der Waals surface area contributed by atoms with Gasteiger partial charge in [-0.2, -0.15) is 5.26 Å². The maximum absolute atomic E-state index is 10.5. The average molecular weight is 254 g/mol. The van der Waals surface area contributed by atoms with Crippen molar-refractivity contribution in [2.24, 2.45) is 0 Å². The molecule has 0 N–H and O–H groups in total. The molecule has 0 aliphatic carbocycles. The Balaban J connectivity index is 2.25. The van der Waals surface area contributed by atoms with E-state index < -0.39 is 4.92 Å². The van der Waals surface area contributed by atoms with Gasteiger partial charge in [-0.1, -0.05) is 0 Å². The van der Waals surface area contributed by atoms with Gasteiger partial charge in [0.2, 0.25) is 0 Å². The topological polar surface area (TPSA) is 83.1 Å². The summed E-state index contributed by atoms with van der Waals surface area (Å²) in [4.78, 5) is 15.9. The van der Waals surface area contributed by atoms with E-state index in [2.05, 4.69) is 4.98 Å². The van der Waals surface area contributed by atoms with Crippen LogP contribution >= 0.6 is 0 Å². The molecule has 2 aromatic rings. The van der Waals surface area contributed by atoms with Crippen molar-refractivity contribution >= 4 is 17.2 Å². The Kier molecular flexibility index (Phi) is 3.39. The van der Waals surface area contributed by atoms with Crippen LogP contribution in [0.25, 0.3) is 0 Å². The summed E-state index contributed by atoms with van der Waals surface area (Å²) in [7, 11) is 1.80. The van der Waals surface area contributed by atoms with E-state index in [-0.39, 0.29) is 5.69 Å². The van der Waals surface area contributed by atoms with Crippen LogP contribution in [-0.2, 0) is 0 Å². The van der Waals surface area contributed by atoms with E-state index >= 15 is 0 Å². The fraction of sp³-hybridized carbons (Fsp3) is 0.0769. The van der Waals surface area contributed by atoms with Gasteiger partial charge in [0.1, 0.15) is 12.0 Å². The smallest absolute Gasteiger partial charge is 0.287 e. The molecule has 0 fully saturated rings. The number of nitriles is 1. The lowest BCUT2D eigenvalue weighted by Crippen LogP contribution is -2.10. The molecule has 6 heteroatoms. The summed E-state index contributed by atoms with van der Waals surface area (Å²) in [6.07, 6.45) is 1.22. The molecule has 0 saturated carbocycles. The van der Waals surface area contributed by atoms with Crippen LogP contribution in [0.15, 0.2) is 42.6 Å². The predicted octanol–water partition coefficient (Wildman–Crippen LogP) is 2.63. The summed E-state index contributed by atoms with van der Waals surface area (Å²) >= 11 is 0. The van der Waals surface area contributed by atoms with Crippen molar-refractivity contribution in [3.63, 3.8) is 0 Å². The minimum absolute atomic E-state index is 0.0445. The number of nitrogens with zero attached hydrogens (tertiary/aromatic N) is 4. The lowest BCUT2D eigenvalue weighted by atomic mass is 10.2. The number of anilines is 2. The first kappa shape index (κ1) is 12.5. The highest BCUT2D eigenvalue weighted by Gasteiger charge is 2.09. The Labute approximate surface area is 109 Å². The Bertz CT molecular complexity index is 629. The normalized spacial score (nSPS) is 9.68. The van der Waals surface area contributed by atoms with Gasteiger partial charge in [-0.25, -0.2) is 4.98 Å². The lowest BCUT2D eigenvalue weighted by Gasteiger charge is -2.17. The molecule has 1 aromatic carbocycles. The molecule has 1 aromatic heterocycles. The van der Waals surface area contributed by atoms with Crippen LogP contribution in [0.3, 0.4) is 0 Å². The van der Waals surface area contributed by atoms with Crippen molar-refractivity contribution in [1.29, 1.82) is 5.26 Å². The Hall–Kier alpha value is -2.94. The minimum Gasteiger partial charge on any atom is -0.329 e. The highest BCUT2D eigenvalue weighted by atomic mass is 16.6. The van der Waals surface area contributed by atoms with Crippen molar-refractivity contribution in [2.45, 2.75) is 0 Å². The van der Waals surface area contributed by atoms with Gasteiger partial charge in [0.25, 0.3) is 5.69 Å². The monoisotopic (exact) mass is 254 g/mol. The average Bonchev–Trinajstić information content (AvgIpc) is 2.46. The van der Waals surface area contributed by atoms with Crippen LogP contribution in [0.2, 0.25) is 0 Å². The fourth-order valence-corrected chi connectivity index (χ4v) is 1.58. The van der Waals surface area contributed by atoms with Crippen molar-refractivity contribution in [2.75, 3.05) is 11.9 Å². The van der Waals surface area contributed by atoms with Gasteiger partial charge in [-0.05, 0) is 30.3 Å². The number of nitro groups is 1. The molecule has 94 valence electrons. The van der Waals surface area contributed by atoms with E-state index in [1.807, 2.05) is 6.07 Å². The molecule has 0 amide bonds. The molecule has 19 heavy (non-hydrogen) atoms. The Morgan fingerprint density at radius 1 is 1.26 bits per heavy atom. The molecule has 2 rings (SSSR count). The van der Waals surface area contributed by atoms with Gasteiger partial charge >= 0.3 is 0 Å². The van der Waals surface area contributed by atoms with Gasteiger partial charge < -0.3 is 4.90 Å². The van der Waals surface area contributed by atoms with Gasteiger partial charge in [-0.15, -0.1) is 0 Å². The maximum Gasteiger partial charge on any atom is 0.287 e. The zero-order valence-corrected chi connectivity index (χ0v) is 10.1. The molecule has 0 atom stereocenters. The summed E-state index contributed by atoms with van der Waals surface area (Å²) in [5.74, 6) is 0.593. The highest BCUT2D eigenvalue weighted by Crippen LogP contribution is 2.23. The van der Waals surface area contributed by atoms with Crippen molar-refractivity contribution in [3.05, 3.63) is 58.3 Å². The lowest BCUT2D eigenvalue weighted by molar-refractivity contribution is -0.385. The molecule has 1 heterocycles. The molecule has 0 saturated heterocycles.